The van der Waals surface area contributed by atoms with E-state index in [1.165, 1.54) is 18.5 Å². The van der Waals surface area contributed by atoms with E-state index in [2.05, 4.69) is 20.6 Å². The molecule has 1 aromatic heterocycles. The number of rotatable bonds is 4. The Labute approximate surface area is 162 Å². The second-order valence-corrected chi connectivity index (χ2v) is 6.20. The van der Waals surface area contributed by atoms with E-state index in [4.69, 9.17) is 28.9 Å². The largest absolute Gasteiger partial charge is 0.416 e. The van der Waals surface area contributed by atoms with E-state index in [-0.39, 0.29) is 17.3 Å². The van der Waals surface area contributed by atoms with Crippen LogP contribution in [0.5, 0.6) is 0 Å². The lowest BCUT2D eigenvalue weighted by Gasteiger charge is -2.14. The van der Waals surface area contributed by atoms with Gasteiger partial charge in [0.2, 0.25) is 0 Å². The molecular weight excluding hydrogens is 402 g/mol. The average molecular weight is 414 g/mol. The molecule has 0 atom stereocenters. The summed E-state index contributed by atoms with van der Waals surface area (Å²) < 4.78 is 37.9. The minimum absolute atomic E-state index is 0.161. The fourth-order valence-corrected chi connectivity index (χ4v) is 2.55. The molecule has 0 fully saturated rings. The highest BCUT2D eigenvalue weighted by Gasteiger charge is 2.29. The van der Waals surface area contributed by atoms with Gasteiger partial charge in [-0.2, -0.15) is 13.2 Å². The van der Waals surface area contributed by atoms with Crippen molar-refractivity contribution in [1.29, 1.82) is 0 Å². The van der Waals surface area contributed by atoms with E-state index in [0.717, 1.165) is 12.1 Å². The van der Waals surface area contributed by atoms with Gasteiger partial charge in [-0.3, -0.25) is 0 Å². The van der Waals surface area contributed by atoms with E-state index < -0.39 is 11.7 Å². The van der Waals surface area contributed by atoms with Crippen LogP contribution in [-0.4, -0.2) is 9.97 Å². The Hall–Kier alpha value is -2.71. The number of hydrogen-bond acceptors (Lipinski definition) is 5. The summed E-state index contributed by atoms with van der Waals surface area (Å²) in [4.78, 5) is 8.07. The van der Waals surface area contributed by atoms with E-state index in [9.17, 15) is 13.2 Å². The number of aromatic nitrogens is 2. The van der Waals surface area contributed by atoms with Crippen molar-refractivity contribution in [2.24, 2.45) is 0 Å². The van der Waals surface area contributed by atoms with Crippen LogP contribution in [0.4, 0.5) is 41.9 Å². The van der Waals surface area contributed by atoms with Gasteiger partial charge in [-0.25, -0.2) is 9.97 Å². The van der Waals surface area contributed by atoms with Gasteiger partial charge >= 0.3 is 6.18 Å². The summed E-state index contributed by atoms with van der Waals surface area (Å²) in [6.07, 6.45) is -3.15. The van der Waals surface area contributed by atoms with Crippen molar-refractivity contribution in [1.82, 2.24) is 9.97 Å². The third-order valence-electron chi connectivity index (χ3n) is 3.56. The number of nitrogens with zero attached hydrogens (tertiary/aromatic N) is 2. The SMILES string of the molecule is Nc1c(Nc2ccc(C(F)(F)F)cc2)ncnc1Nc1cccc(Cl)c1Cl. The van der Waals surface area contributed by atoms with Crippen LogP contribution < -0.4 is 16.4 Å². The van der Waals surface area contributed by atoms with E-state index in [1.54, 1.807) is 18.2 Å². The van der Waals surface area contributed by atoms with Crippen LogP contribution >= 0.6 is 23.2 Å². The Morgan fingerprint density at radius 3 is 2.15 bits per heavy atom. The average Bonchev–Trinajstić information content (AvgIpc) is 2.62. The van der Waals surface area contributed by atoms with Crippen molar-refractivity contribution in [3.05, 3.63) is 64.4 Å². The van der Waals surface area contributed by atoms with Crippen LogP contribution in [0.25, 0.3) is 0 Å². The maximum atomic E-state index is 12.6. The molecule has 1 heterocycles. The summed E-state index contributed by atoms with van der Waals surface area (Å²) in [5.41, 5.74) is 6.36. The highest BCUT2D eigenvalue weighted by molar-refractivity contribution is 6.43. The molecule has 4 N–H and O–H groups in total. The van der Waals surface area contributed by atoms with Crippen molar-refractivity contribution in [3.8, 4) is 0 Å². The van der Waals surface area contributed by atoms with Gasteiger partial charge in [-0.1, -0.05) is 29.3 Å². The molecule has 0 aliphatic carbocycles. The maximum Gasteiger partial charge on any atom is 0.416 e. The maximum absolute atomic E-state index is 12.6. The highest BCUT2D eigenvalue weighted by Crippen LogP contribution is 2.35. The molecule has 0 radical (unpaired) electrons. The zero-order valence-corrected chi connectivity index (χ0v) is 15.0. The Morgan fingerprint density at radius 2 is 1.52 bits per heavy atom. The Morgan fingerprint density at radius 1 is 0.889 bits per heavy atom. The fourth-order valence-electron chi connectivity index (χ4n) is 2.20. The van der Waals surface area contributed by atoms with Gasteiger partial charge in [-0.05, 0) is 36.4 Å². The molecule has 140 valence electrons. The molecule has 5 nitrogen and oxygen atoms in total. The summed E-state index contributed by atoms with van der Waals surface area (Å²) in [7, 11) is 0. The number of benzene rings is 2. The van der Waals surface area contributed by atoms with E-state index in [0.29, 0.717) is 21.4 Å². The number of halogens is 5. The lowest BCUT2D eigenvalue weighted by molar-refractivity contribution is -0.137. The molecule has 0 bridgehead atoms. The molecule has 27 heavy (non-hydrogen) atoms. The van der Waals surface area contributed by atoms with Gasteiger partial charge in [0.1, 0.15) is 12.0 Å². The summed E-state index contributed by atoms with van der Waals surface area (Å²) in [5, 5.41) is 6.47. The van der Waals surface area contributed by atoms with Gasteiger partial charge < -0.3 is 16.4 Å². The molecule has 3 rings (SSSR count). The van der Waals surface area contributed by atoms with Gasteiger partial charge in [0.05, 0.1) is 21.3 Å². The monoisotopic (exact) mass is 413 g/mol. The first-order valence-corrected chi connectivity index (χ1v) is 8.27. The Kier molecular flexibility index (Phi) is 5.29. The summed E-state index contributed by atoms with van der Waals surface area (Å²) in [6, 6.07) is 9.52. The standard InChI is InChI=1S/C17H12Cl2F3N5/c18-11-2-1-3-12(13(11)19)27-16-14(23)15(24-8-25-16)26-10-6-4-9(5-7-10)17(20,21)22/h1-8H,23H2,(H2,24,25,26,27). The highest BCUT2D eigenvalue weighted by atomic mass is 35.5. The molecule has 0 spiro atoms. The van der Waals surface area contributed by atoms with Crippen molar-refractivity contribution in [2.75, 3.05) is 16.4 Å². The van der Waals surface area contributed by atoms with Crippen LogP contribution in [0, 0.1) is 0 Å². The summed E-state index contributed by atoms with van der Waals surface area (Å²) in [6.45, 7) is 0. The van der Waals surface area contributed by atoms with Crippen LogP contribution in [-0.2, 0) is 6.18 Å². The predicted molar refractivity (Wildman–Crippen MR) is 101 cm³/mol. The van der Waals surface area contributed by atoms with E-state index in [1.807, 2.05) is 0 Å². The summed E-state index contributed by atoms with van der Waals surface area (Å²) >= 11 is 12.1. The molecule has 3 aromatic rings. The van der Waals surface area contributed by atoms with Gasteiger partial charge in [0, 0.05) is 5.69 Å². The van der Waals surface area contributed by atoms with Gasteiger partial charge in [0.15, 0.2) is 11.6 Å². The first kappa shape index (κ1) is 19.1. The molecule has 2 aromatic carbocycles. The van der Waals surface area contributed by atoms with Crippen LogP contribution in [0.15, 0.2) is 48.8 Å². The number of anilines is 5. The smallest absolute Gasteiger partial charge is 0.393 e. The molecule has 0 aliphatic heterocycles. The van der Waals surface area contributed by atoms with Crippen molar-refractivity contribution in [2.45, 2.75) is 6.18 Å². The molecule has 0 aliphatic rings. The minimum atomic E-state index is -4.40. The Balaban J connectivity index is 1.84. The minimum Gasteiger partial charge on any atom is -0.393 e. The van der Waals surface area contributed by atoms with Crippen LogP contribution in [0.2, 0.25) is 10.0 Å². The number of hydrogen-bond donors (Lipinski definition) is 3. The normalized spacial score (nSPS) is 11.3. The number of nitrogen functional groups attached to an aromatic ring is 1. The van der Waals surface area contributed by atoms with Crippen molar-refractivity contribution in [3.63, 3.8) is 0 Å². The van der Waals surface area contributed by atoms with Crippen LogP contribution in [0.3, 0.4) is 0 Å². The zero-order valence-electron chi connectivity index (χ0n) is 13.5. The zero-order chi connectivity index (χ0) is 19.6. The lowest BCUT2D eigenvalue weighted by atomic mass is 10.2. The fraction of sp³-hybridized carbons (Fsp3) is 0.0588. The van der Waals surface area contributed by atoms with Crippen LogP contribution in [0.1, 0.15) is 5.56 Å². The molecule has 0 amide bonds. The molecule has 10 heteroatoms. The number of nitrogens with one attached hydrogen (secondary N) is 2. The second-order valence-electron chi connectivity index (χ2n) is 5.41. The molecular formula is C17H12Cl2F3N5. The molecule has 0 unspecified atom stereocenters. The lowest BCUT2D eigenvalue weighted by Crippen LogP contribution is -2.06. The second kappa shape index (κ2) is 7.50. The number of alkyl halides is 3. The molecule has 0 saturated carbocycles. The van der Waals surface area contributed by atoms with Gasteiger partial charge in [0.25, 0.3) is 0 Å². The van der Waals surface area contributed by atoms with Crippen molar-refractivity contribution >= 4 is 51.9 Å². The first-order chi connectivity index (χ1) is 12.8. The Bertz CT molecular complexity index is 962. The first-order valence-electron chi connectivity index (χ1n) is 7.51. The van der Waals surface area contributed by atoms with E-state index >= 15 is 0 Å². The molecule has 0 saturated heterocycles. The summed E-state index contributed by atoms with van der Waals surface area (Å²) in [5.74, 6) is 0.494. The van der Waals surface area contributed by atoms with Crippen molar-refractivity contribution < 1.29 is 13.2 Å². The van der Waals surface area contributed by atoms with Gasteiger partial charge in [-0.15, -0.1) is 0 Å². The quantitative estimate of drug-likeness (QED) is 0.498. The number of nitrogens with two attached hydrogens (primary N) is 1. The third kappa shape index (κ3) is 4.35. The predicted octanol–water partition coefficient (Wildman–Crippen LogP) is 5.87. The topological polar surface area (TPSA) is 75.9 Å². The third-order valence-corrected chi connectivity index (χ3v) is 4.38.